The van der Waals surface area contributed by atoms with Crippen molar-refractivity contribution in [1.29, 1.82) is 0 Å². The average molecular weight is 560 g/mol. The van der Waals surface area contributed by atoms with Crippen LogP contribution in [0.5, 0.6) is 5.75 Å². The quantitative estimate of drug-likeness (QED) is 0.151. The van der Waals surface area contributed by atoms with E-state index < -0.39 is 34.9 Å². The molecule has 1 saturated carbocycles. The summed E-state index contributed by atoms with van der Waals surface area (Å²) in [5.41, 5.74) is 1.78. The highest BCUT2D eigenvalue weighted by Gasteiger charge is 2.34. The molecule has 214 valence electrons. The standard InChI is InChI=1S/C30H33F4N3O3/c1-3-4-5-6-16-29(39,17-15-20-7-8-20)21-9-14-24(31)25(18-21)37-28(38)26(19-27(35)30(32,33)34)36-22-10-12-23(40-2)13-11-22/h3-6,9-14,18-20,39H,7-8,15-17,35H2,1-2H3,(H,37,38)/b4-3-,6-5-,27-19?,36-26?. The van der Waals surface area contributed by atoms with E-state index in [1.54, 1.807) is 12.2 Å². The van der Waals surface area contributed by atoms with E-state index in [4.69, 9.17) is 10.5 Å². The van der Waals surface area contributed by atoms with Crippen LogP contribution in [0.25, 0.3) is 0 Å². The minimum Gasteiger partial charge on any atom is -0.497 e. The second-order valence-electron chi connectivity index (χ2n) is 9.61. The van der Waals surface area contributed by atoms with E-state index in [9.17, 15) is 27.5 Å². The number of hydrogen-bond acceptors (Lipinski definition) is 5. The molecule has 3 rings (SSSR count). The molecule has 40 heavy (non-hydrogen) atoms. The first kappa shape index (κ1) is 30.6. The lowest BCUT2D eigenvalue weighted by Gasteiger charge is -2.28. The number of aliphatic imine (C=N–C) groups is 1. The van der Waals surface area contributed by atoms with Gasteiger partial charge in [0.15, 0.2) is 0 Å². The lowest BCUT2D eigenvalue weighted by atomic mass is 9.84. The summed E-state index contributed by atoms with van der Waals surface area (Å²) < 4.78 is 59.4. The summed E-state index contributed by atoms with van der Waals surface area (Å²) in [6.45, 7) is 1.86. The number of allylic oxidation sites excluding steroid dienone is 4. The molecule has 1 atom stereocenters. The maximum absolute atomic E-state index is 14.8. The first-order valence-electron chi connectivity index (χ1n) is 12.8. The lowest BCUT2D eigenvalue weighted by molar-refractivity contribution is -0.110. The maximum atomic E-state index is 14.8. The van der Waals surface area contributed by atoms with E-state index >= 15 is 0 Å². The van der Waals surface area contributed by atoms with Gasteiger partial charge in [0.05, 0.1) is 24.1 Å². The molecule has 0 radical (unpaired) electrons. The van der Waals surface area contributed by atoms with Gasteiger partial charge in [-0.25, -0.2) is 9.38 Å². The molecular weight excluding hydrogens is 526 g/mol. The number of carbonyl (C=O) groups excluding carboxylic acids is 1. The van der Waals surface area contributed by atoms with Crippen molar-refractivity contribution in [2.24, 2.45) is 16.6 Å². The number of nitrogens with zero attached hydrogens (tertiary/aromatic N) is 1. The Hall–Kier alpha value is -3.92. The van der Waals surface area contributed by atoms with Crippen LogP contribution in [0.4, 0.5) is 28.9 Å². The highest BCUT2D eigenvalue weighted by atomic mass is 19.4. The number of nitrogens with one attached hydrogen (secondary N) is 1. The third-order valence-electron chi connectivity index (χ3n) is 6.48. The van der Waals surface area contributed by atoms with Crippen LogP contribution in [-0.4, -0.2) is 30.0 Å². The molecule has 0 spiro atoms. The third-order valence-corrected chi connectivity index (χ3v) is 6.48. The van der Waals surface area contributed by atoms with E-state index in [1.807, 2.05) is 19.1 Å². The zero-order valence-corrected chi connectivity index (χ0v) is 22.3. The Kier molecular flexibility index (Phi) is 10.3. The summed E-state index contributed by atoms with van der Waals surface area (Å²) >= 11 is 0. The second kappa shape index (κ2) is 13.4. The van der Waals surface area contributed by atoms with Gasteiger partial charge in [0.25, 0.3) is 5.91 Å². The molecule has 0 bridgehead atoms. The van der Waals surface area contributed by atoms with Gasteiger partial charge in [0.2, 0.25) is 0 Å². The number of benzene rings is 2. The molecule has 0 aromatic heterocycles. The average Bonchev–Trinajstić information content (AvgIpc) is 3.75. The van der Waals surface area contributed by atoms with Crippen LogP contribution >= 0.6 is 0 Å². The van der Waals surface area contributed by atoms with E-state index in [0.717, 1.165) is 25.3 Å². The van der Waals surface area contributed by atoms with Crippen molar-refractivity contribution in [3.8, 4) is 5.75 Å². The number of carbonyl (C=O) groups is 1. The maximum Gasteiger partial charge on any atom is 0.430 e. The fraction of sp³-hybridized carbons (Fsp3) is 0.333. The van der Waals surface area contributed by atoms with E-state index in [1.165, 1.54) is 43.5 Å². The van der Waals surface area contributed by atoms with Gasteiger partial charge in [0, 0.05) is 0 Å². The fourth-order valence-corrected chi connectivity index (χ4v) is 3.94. The number of anilines is 1. The predicted octanol–water partition coefficient (Wildman–Crippen LogP) is 6.85. The van der Waals surface area contributed by atoms with Crippen molar-refractivity contribution in [3.05, 3.63) is 89.9 Å². The number of methoxy groups -OCH3 is 1. The van der Waals surface area contributed by atoms with Gasteiger partial charge in [-0.1, -0.05) is 43.2 Å². The van der Waals surface area contributed by atoms with Crippen LogP contribution in [0.2, 0.25) is 0 Å². The molecule has 4 N–H and O–H groups in total. The molecular formula is C30H33F4N3O3. The zero-order chi connectivity index (χ0) is 29.3. The van der Waals surface area contributed by atoms with Crippen LogP contribution in [-0.2, 0) is 10.4 Å². The smallest absolute Gasteiger partial charge is 0.430 e. The molecule has 1 aliphatic rings. The predicted molar refractivity (Wildman–Crippen MR) is 148 cm³/mol. The van der Waals surface area contributed by atoms with E-state index in [0.29, 0.717) is 29.7 Å². The summed E-state index contributed by atoms with van der Waals surface area (Å²) in [5.74, 6) is -0.937. The summed E-state index contributed by atoms with van der Waals surface area (Å²) in [6.07, 6.45) is 6.39. The summed E-state index contributed by atoms with van der Waals surface area (Å²) in [6, 6.07) is 9.74. The molecule has 1 amide bonds. The lowest BCUT2D eigenvalue weighted by Crippen LogP contribution is -2.28. The van der Waals surface area contributed by atoms with E-state index in [-0.39, 0.29) is 17.8 Å². The van der Waals surface area contributed by atoms with Crippen LogP contribution in [0.3, 0.4) is 0 Å². The zero-order valence-electron chi connectivity index (χ0n) is 22.3. The normalized spacial score (nSPS) is 16.4. The Morgan fingerprint density at radius 1 is 1.18 bits per heavy atom. The minimum atomic E-state index is -4.91. The van der Waals surface area contributed by atoms with Crippen molar-refractivity contribution in [2.45, 2.75) is 50.8 Å². The SMILES string of the molecule is C/C=C\C=C/CC(O)(CCC1CC1)c1ccc(F)c(NC(=O)C(C=C(N)C(F)(F)F)=Nc2ccc(OC)cc2)c1. The van der Waals surface area contributed by atoms with Crippen molar-refractivity contribution < 1.29 is 32.2 Å². The molecule has 1 fully saturated rings. The van der Waals surface area contributed by atoms with Gasteiger partial charge in [-0.05, 0) is 80.1 Å². The first-order chi connectivity index (χ1) is 18.9. The van der Waals surface area contributed by atoms with Crippen molar-refractivity contribution in [1.82, 2.24) is 0 Å². The molecule has 0 saturated heterocycles. The molecule has 1 aliphatic carbocycles. The largest absolute Gasteiger partial charge is 0.497 e. The highest BCUT2D eigenvalue weighted by molar-refractivity contribution is 6.47. The van der Waals surface area contributed by atoms with Crippen molar-refractivity contribution >= 4 is 23.0 Å². The molecule has 0 heterocycles. The number of ether oxygens (including phenoxy) is 1. The third kappa shape index (κ3) is 8.81. The Morgan fingerprint density at radius 3 is 2.48 bits per heavy atom. The van der Waals surface area contributed by atoms with Gasteiger partial charge in [-0.15, -0.1) is 0 Å². The van der Waals surface area contributed by atoms with Gasteiger partial charge < -0.3 is 20.9 Å². The number of hydrogen-bond donors (Lipinski definition) is 3. The summed E-state index contributed by atoms with van der Waals surface area (Å²) in [5, 5.41) is 13.9. The fourth-order valence-electron chi connectivity index (χ4n) is 3.94. The number of nitrogens with two attached hydrogens (primary N) is 1. The van der Waals surface area contributed by atoms with Gasteiger partial charge in [0.1, 0.15) is 23.0 Å². The minimum absolute atomic E-state index is 0.147. The topological polar surface area (TPSA) is 96.9 Å². The molecule has 10 heteroatoms. The Labute approximate surface area is 230 Å². The second-order valence-corrected chi connectivity index (χ2v) is 9.61. The molecule has 0 aliphatic heterocycles. The van der Waals surface area contributed by atoms with Crippen molar-refractivity contribution in [3.63, 3.8) is 0 Å². The Bertz CT molecular complexity index is 1300. The van der Waals surface area contributed by atoms with Crippen LogP contribution in [0.1, 0.15) is 44.6 Å². The van der Waals surface area contributed by atoms with Gasteiger partial charge in [-0.2, -0.15) is 13.2 Å². The monoisotopic (exact) mass is 559 g/mol. The van der Waals surface area contributed by atoms with Gasteiger partial charge >= 0.3 is 6.18 Å². The Morgan fingerprint density at radius 2 is 1.88 bits per heavy atom. The van der Waals surface area contributed by atoms with Crippen LogP contribution in [0, 0.1) is 11.7 Å². The number of aliphatic hydroxyl groups is 1. The molecule has 2 aromatic carbocycles. The molecule has 1 unspecified atom stereocenters. The van der Waals surface area contributed by atoms with Crippen LogP contribution in [0.15, 0.2) is 83.5 Å². The van der Waals surface area contributed by atoms with Gasteiger partial charge in [-0.3, -0.25) is 4.79 Å². The van der Waals surface area contributed by atoms with E-state index in [2.05, 4.69) is 10.3 Å². The molecule has 2 aromatic rings. The summed E-state index contributed by atoms with van der Waals surface area (Å²) in [7, 11) is 1.44. The number of rotatable bonds is 12. The number of halogens is 4. The highest BCUT2D eigenvalue weighted by Crippen LogP contribution is 2.40. The number of alkyl halides is 3. The summed E-state index contributed by atoms with van der Waals surface area (Å²) in [4.78, 5) is 17.1. The molecule has 6 nitrogen and oxygen atoms in total. The Balaban J connectivity index is 1.95. The first-order valence-corrected chi connectivity index (χ1v) is 12.8. The van der Waals surface area contributed by atoms with Crippen LogP contribution < -0.4 is 15.8 Å². The number of amides is 1. The van der Waals surface area contributed by atoms with Crippen molar-refractivity contribution in [2.75, 3.05) is 12.4 Å².